The minimum absolute atomic E-state index is 0.564. The number of aryl methyl sites for hydroxylation is 1. The van der Waals surface area contributed by atoms with Crippen LogP contribution in [0.1, 0.15) is 11.1 Å². The van der Waals surface area contributed by atoms with Crippen molar-refractivity contribution < 1.29 is 9.53 Å². The Morgan fingerprint density at radius 3 is 2.86 bits per heavy atom. The summed E-state index contributed by atoms with van der Waals surface area (Å²) in [6.45, 7) is 1.89. The van der Waals surface area contributed by atoms with E-state index in [2.05, 4.69) is 16.6 Å². The van der Waals surface area contributed by atoms with Gasteiger partial charge in [0.1, 0.15) is 0 Å². The number of ether oxygens (including phenoxy) is 1. The molecule has 0 aromatic heterocycles. The fraction of sp³-hybridized carbons (Fsp3) is 0.182. The average molecular weight is 189 g/mol. The Morgan fingerprint density at radius 2 is 2.21 bits per heavy atom. The highest BCUT2D eigenvalue weighted by atomic mass is 16.5. The normalized spacial score (nSPS) is 8.71. The number of hydrogen-bond acceptors (Lipinski definition) is 3. The third kappa shape index (κ3) is 2.27. The monoisotopic (exact) mass is 189 g/mol. The summed E-state index contributed by atoms with van der Waals surface area (Å²) in [4.78, 5) is 10.7. The molecule has 1 rings (SSSR count). The van der Waals surface area contributed by atoms with Crippen LogP contribution in [-0.4, -0.2) is 13.1 Å². The van der Waals surface area contributed by atoms with Crippen LogP contribution in [0, 0.1) is 18.8 Å². The second-order valence-corrected chi connectivity index (χ2v) is 2.78. The van der Waals surface area contributed by atoms with Crippen LogP contribution in [-0.2, 0) is 9.53 Å². The maximum Gasteiger partial charge on any atom is 0.384 e. The maximum atomic E-state index is 10.7. The van der Waals surface area contributed by atoms with Gasteiger partial charge >= 0.3 is 5.97 Å². The molecule has 0 spiro atoms. The van der Waals surface area contributed by atoms with Gasteiger partial charge in [0.25, 0.3) is 0 Å². The Labute approximate surface area is 82.9 Å². The Bertz CT molecular complexity index is 413. The zero-order valence-corrected chi connectivity index (χ0v) is 8.13. The van der Waals surface area contributed by atoms with E-state index in [0.717, 1.165) is 5.56 Å². The molecule has 0 aliphatic carbocycles. The van der Waals surface area contributed by atoms with Crippen LogP contribution in [0.25, 0.3) is 0 Å². The number of carbonyl (C=O) groups is 1. The van der Waals surface area contributed by atoms with Crippen molar-refractivity contribution in [2.45, 2.75) is 6.92 Å². The number of hydrogen-bond donors (Lipinski definition) is 1. The molecule has 0 unspecified atom stereocenters. The molecular weight excluding hydrogens is 178 g/mol. The van der Waals surface area contributed by atoms with E-state index in [-0.39, 0.29) is 0 Å². The fourth-order valence-electron chi connectivity index (χ4n) is 0.959. The van der Waals surface area contributed by atoms with E-state index in [1.807, 2.05) is 19.1 Å². The van der Waals surface area contributed by atoms with Crippen LogP contribution in [0.5, 0.6) is 0 Å². The van der Waals surface area contributed by atoms with Crippen LogP contribution in [0.15, 0.2) is 18.2 Å². The number of para-hydroxylation sites is 1. The quantitative estimate of drug-likeness (QED) is 0.378. The molecule has 0 atom stereocenters. The Balaban J connectivity index is 3.01. The lowest BCUT2D eigenvalue weighted by Crippen LogP contribution is -1.96. The number of nitrogen functional groups attached to an aromatic ring is 1. The van der Waals surface area contributed by atoms with Gasteiger partial charge in [-0.2, -0.15) is 0 Å². The molecule has 3 heteroatoms. The first kappa shape index (κ1) is 10.1. The Kier molecular flexibility index (Phi) is 3.14. The van der Waals surface area contributed by atoms with E-state index < -0.39 is 5.97 Å². The van der Waals surface area contributed by atoms with Crippen molar-refractivity contribution in [2.24, 2.45) is 0 Å². The average Bonchev–Trinajstić information content (AvgIpc) is 2.20. The van der Waals surface area contributed by atoms with Gasteiger partial charge in [-0.3, -0.25) is 0 Å². The third-order valence-electron chi connectivity index (χ3n) is 1.81. The molecule has 0 saturated carbocycles. The number of methoxy groups -OCH3 is 1. The lowest BCUT2D eigenvalue weighted by Gasteiger charge is -2.00. The molecular formula is C11H11NO2. The topological polar surface area (TPSA) is 52.3 Å². The van der Waals surface area contributed by atoms with E-state index in [1.165, 1.54) is 7.11 Å². The van der Waals surface area contributed by atoms with Crippen LogP contribution in [0.4, 0.5) is 5.69 Å². The van der Waals surface area contributed by atoms with Gasteiger partial charge in [0.05, 0.1) is 12.8 Å². The van der Waals surface area contributed by atoms with Gasteiger partial charge in [-0.1, -0.05) is 18.1 Å². The first-order chi connectivity index (χ1) is 6.65. The van der Waals surface area contributed by atoms with Gasteiger partial charge in [-0.25, -0.2) is 4.79 Å². The van der Waals surface area contributed by atoms with Crippen molar-refractivity contribution in [2.75, 3.05) is 12.8 Å². The molecule has 0 radical (unpaired) electrons. The molecule has 14 heavy (non-hydrogen) atoms. The predicted octanol–water partition coefficient (Wildman–Crippen LogP) is 1.10. The highest BCUT2D eigenvalue weighted by Gasteiger charge is 1.98. The van der Waals surface area contributed by atoms with Crippen molar-refractivity contribution in [3.05, 3.63) is 29.3 Å². The summed E-state index contributed by atoms with van der Waals surface area (Å²) in [5.41, 5.74) is 7.95. The van der Waals surface area contributed by atoms with Crippen molar-refractivity contribution in [3.8, 4) is 11.8 Å². The minimum atomic E-state index is -0.564. The van der Waals surface area contributed by atoms with Gasteiger partial charge in [0.2, 0.25) is 0 Å². The number of esters is 1. The SMILES string of the molecule is COC(=O)C#Cc1cccc(C)c1N. The smallest absolute Gasteiger partial charge is 0.384 e. The summed E-state index contributed by atoms with van der Waals surface area (Å²) in [5.74, 6) is 4.42. The first-order valence-corrected chi connectivity index (χ1v) is 4.10. The predicted molar refractivity (Wildman–Crippen MR) is 54.5 cm³/mol. The van der Waals surface area contributed by atoms with Crippen LogP contribution < -0.4 is 5.73 Å². The van der Waals surface area contributed by atoms with E-state index >= 15 is 0 Å². The molecule has 0 aliphatic rings. The maximum absolute atomic E-state index is 10.7. The lowest BCUT2D eigenvalue weighted by atomic mass is 10.1. The number of nitrogens with two attached hydrogens (primary N) is 1. The van der Waals surface area contributed by atoms with Gasteiger partial charge in [0.15, 0.2) is 0 Å². The lowest BCUT2D eigenvalue weighted by molar-refractivity contribution is -0.133. The van der Waals surface area contributed by atoms with Gasteiger partial charge in [0, 0.05) is 11.5 Å². The molecule has 1 aromatic carbocycles. The van der Waals surface area contributed by atoms with Crippen LogP contribution >= 0.6 is 0 Å². The minimum Gasteiger partial charge on any atom is -0.459 e. The number of anilines is 1. The molecule has 3 nitrogen and oxygen atoms in total. The van der Waals surface area contributed by atoms with Crippen molar-refractivity contribution in [3.63, 3.8) is 0 Å². The molecule has 2 N–H and O–H groups in total. The number of carbonyl (C=O) groups excluding carboxylic acids is 1. The number of rotatable bonds is 0. The molecule has 0 fully saturated rings. The van der Waals surface area contributed by atoms with Crippen molar-refractivity contribution in [1.82, 2.24) is 0 Å². The summed E-state index contributed by atoms with van der Waals surface area (Å²) in [6.07, 6.45) is 0. The molecule has 0 bridgehead atoms. The van der Waals surface area contributed by atoms with E-state index in [1.54, 1.807) is 6.07 Å². The van der Waals surface area contributed by atoms with Gasteiger partial charge < -0.3 is 10.5 Å². The van der Waals surface area contributed by atoms with E-state index in [4.69, 9.17) is 5.73 Å². The van der Waals surface area contributed by atoms with Crippen molar-refractivity contribution in [1.29, 1.82) is 0 Å². The highest BCUT2D eigenvalue weighted by molar-refractivity contribution is 5.89. The van der Waals surface area contributed by atoms with Gasteiger partial charge in [-0.15, -0.1) is 0 Å². The summed E-state index contributed by atoms with van der Waals surface area (Å²) in [6, 6.07) is 5.49. The molecule has 1 aromatic rings. The summed E-state index contributed by atoms with van der Waals surface area (Å²) < 4.78 is 4.39. The number of benzene rings is 1. The standard InChI is InChI=1S/C11H11NO2/c1-8-4-3-5-9(11(8)12)6-7-10(13)14-2/h3-5H,12H2,1-2H3. The van der Waals surface area contributed by atoms with E-state index in [0.29, 0.717) is 11.3 Å². The summed E-state index contributed by atoms with van der Waals surface area (Å²) in [5, 5.41) is 0. The second-order valence-electron chi connectivity index (χ2n) is 2.78. The van der Waals surface area contributed by atoms with Crippen LogP contribution in [0.2, 0.25) is 0 Å². The Morgan fingerprint density at radius 1 is 1.50 bits per heavy atom. The molecule has 72 valence electrons. The van der Waals surface area contributed by atoms with E-state index in [9.17, 15) is 4.79 Å². The van der Waals surface area contributed by atoms with Gasteiger partial charge in [-0.05, 0) is 18.6 Å². The molecule has 0 saturated heterocycles. The third-order valence-corrected chi connectivity index (χ3v) is 1.81. The fourth-order valence-corrected chi connectivity index (χ4v) is 0.959. The second kappa shape index (κ2) is 4.33. The zero-order valence-electron chi connectivity index (χ0n) is 8.13. The molecule has 0 aliphatic heterocycles. The first-order valence-electron chi connectivity index (χ1n) is 4.10. The Hall–Kier alpha value is -1.95. The zero-order chi connectivity index (χ0) is 10.6. The van der Waals surface area contributed by atoms with Crippen molar-refractivity contribution >= 4 is 11.7 Å². The summed E-state index contributed by atoms with van der Waals surface area (Å²) >= 11 is 0. The molecule has 0 amide bonds. The highest BCUT2D eigenvalue weighted by Crippen LogP contribution is 2.14. The summed E-state index contributed by atoms with van der Waals surface area (Å²) in [7, 11) is 1.29. The largest absolute Gasteiger partial charge is 0.459 e. The molecule has 0 heterocycles. The van der Waals surface area contributed by atoms with Crippen LogP contribution in [0.3, 0.4) is 0 Å².